The molecule has 0 N–H and O–H groups in total. The molecule has 0 aliphatic carbocycles. The molecule has 1 saturated heterocycles. The third-order valence-corrected chi connectivity index (χ3v) is 5.99. The predicted molar refractivity (Wildman–Crippen MR) is 77.9 cm³/mol. The molecule has 1 atom stereocenters. The molecule has 1 aromatic heterocycles. The van der Waals surface area contributed by atoms with Crippen molar-refractivity contribution in [2.45, 2.75) is 25.8 Å². The molecule has 0 spiro atoms. The first-order valence-electron chi connectivity index (χ1n) is 6.39. The van der Waals surface area contributed by atoms with E-state index in [-0.39, 0.29) is 23.5 Å². The Balaban J connectivity index is 2.00. The molecule has 0 saturated carbocycles. The zero-order valence-electron chi connectivity index (χ0n) is 11.5. The van der Waals surface area contributed by atoms with Gasteiger partial charge in [-0.15, -0.1) is 11.3 Å². The number of sulfone groups is 1. The Labute approximate surface area is 122 Å². The fourth-order valence-electron chi connectivity index (χ4n) is 2.16. The summed E-state index contributed by atoms with van der Waals surface area (Å²) in [6.45, 7) is 2.37. The number of hydrogen-bond acceptors (Lipinski definition) is 7. The summed E-state index contributed by atoms with van der Waals surface area (Å²) in [5.41, 5.74) is 0.844. The van der Waals surface area contributed by atoms with Gasteiger partial charge in [0, 0.05) is 24.4 Å². The van der Waals surface area contributed by atoms with Gasteiger partial charge in [-0.3, -0.25) is 4.79 Å². The van der Waals surface area contributed by atoms with Crippen LogP contribution in [0.3, 0.4) is 0 Å². The maximum atomic E-state index is 11.6. The van der Waals surface area contributed by atoms with Crippen molar-refractivity contribution < 1.29 is 17.9 Å². The third-order valence-electron chi connectivity index (χ3n) is 3.27. The highest BCUT2D eigenvalue weighted by Gasteiger charge is 2.29. The molecule has 1 aliphatic heterocycles. The molecule has 112 valence electrons. The second kappa shape index (κ2) is 6.09. The maximum Gasteiger partial charge on any atom is 0.305 e. The summed E-state index contributed by atoms with van der Waals surface area (Å²) in [5.74, 6) is 0.0929. The number of methoxy groups -OCH3 is 1. The van der Waals surface area contributed by atoms with Crippen molar-refractivity contribution in [3.05, 3.63) is 11.1 Å². The van der Waals surface area contributed by atoms with Crippen molar-refractivity contribution in [2.24, 2.45) is 0 Å². The van der Waals surface area contributed by atoms with Crippen LogP contribution in [-0.4, -0.2) is 50.6 Å². The molecule has 20 heavy (non-hydrogen) atoms. The van der Waals surface area contributed by atoms with Gasteiger partial charge >= 0.3 is 5.97 Å². The normalized spacial score (nSPS) is 21.7. The minimum atomic E-state index is -2.92. The topological polar surface area (TPSA) is 76.6 Å². The van der Waals surface area contributed by atoms with Crippen LogP contribution in [0.15, 0.2) is 5.38 Å². The van der Waals surface area contributed by atoms with Crippen LogP contribution in [-0.2, 0) is 25.8 Å². The highest BCUT2D eigenvalue weighted by molar-refractivity contribution is 7.91. The fraction of sp³-hybridized carbons (Fsp3) is 0.667. The Hall–Kier alpha value is -1.15. The summed E-state index contributed by atoms with van der Waals surface area (Å²) in [5, 5.41) is 2.74. The van der Waals surface area contributed by atoms with Gasteiger partial charge in [0.25, 0.3) is 0 Å². The van der Waals surface area contributed by atoms with Crippen molar-refractivity contribution in [3.63, 3.8) is 0 Å². The van der Waals surface area contributed by atoms with Crippen LogP contribution >= 0.6 is 11.3 Å². The number of thiazole rings is 1. The lowest BCUT2D eigenvalue weighted by molar-refractivity contribution is -0.140. The SMILES string of the molecule is COC(=O)CCc1csc(N2CCS(=O)(=O)CC2C)n1. The average Bonchev–Trinajstić information content (AvgIpc) is 2.83. The predicted octanol–water partition coefficient (Wildman–Crippen LogP) is 0.872. The average molecular weight is 318 g/mol. The Morgan fingerprint density at radius 3 is 3.00 bits per heavy atom. The van der Waals surface area contributed by atoms with Crippen molar-refractivity contribution in [1.29, 1.82) is 0 Å². The van der Waals surface area contributed by atoms with Gasteiger partial charge in [0.2, 0.25) is 0 Å². The number of nitrogens with zero attached hydrogens (tertiary/aromatic N) is 2. The number of aromatic nitrogens is 1. The molecular formula is C12H18N2O4S2. The lowest BCUT2D eigenvalue weighted by Gasteiger charge is -2.32. The summed E-state index contributed by atoms with van der Waals surface area (Å²) in [4.78, 5) is 17.6. The maximum absolute atomic E-state index is 11.6. The summed E-state index contributed by atoms with van der Waals surface area (Å²) >= 11 is 1.49. The fourth-order valence-corrected chi connectivity index (χ4v) is 4.70. The van der Waals surface area contributed by atoms with Crippen molar-refractivity contribution in [3.8, 4) is 0 Å². The number of esters is 1. The number of rotatable bonds is 4. The highest BCUT2D eigenvalue weighted by Crippen LogP contribution is 2.26. The largest absolute Gasteiger partial charge is 0.469 e. The minimum absolute atomic E-state index is 0.0617. The Bertz CT molecular complexity index is 582. The van der Waals surface area contributed by atoms with E-state index in [0.29, 0.717) is 19.4 Å². The van der Waals surface area contributed by atoms with Crippen LogP contribution in [0, 0.1) is 0 Å². The standard InChI is InChI=1S/C12H18N2O4S2/c1-9-8-20(16,17)6-5-14(9)12-13-10(7-19-12)3-4-11(15)18-2/h7,9H,3-6,8H2,1-2H3. The van der Waals surface area contributed by atoms with Crippen molar-refractivity contribution >= 4 is 32.3 Å². The lowest BCUT2D eigenvalue weighted by Crippen LogP contribution is -2.47. The number of carbonyl (C=O) groups excluding carboxylic acids is 1. The monoisotopic (exact) mass is 318 g/mol. The first-order chi connectivity index (χ1) is 9.41. The summed E-state index contributed by atoms with van der Waals surface area (Å²) in [6.07, 6.45) is 0.854. The molecular weight excluding hydrogens is 300 g/mol. The molecule has 0 radical (unpaired) electrons. The number of carbonyl (C=O) groups is 1. The number of hydrogen-bond donors (Lipinski definition) is 0. The molecule has 1 aromatic rings. The van der Waals surface area contributed by atoms with Crippen LogP contribution in [0.25, 0.3) is 0 Å². The van der Waals surface area contributed by atoms with Gasteiger partial charge in [0.05, 0.1) is 30.7 Å². The van der Waals surface area contributed by atoms with E-state index in [2.05, 4.69) is 9.72 Å². The van der Waals surface area contributed by atoms with E-state index < -0.39 is 9.84 Å². The lowest BCUT2D eigenvalue weighted by atomic mass is 10.2. The Morgan fingerprint density at radius 2 is 2.35 bits per heavy atom. The number of anilines is 1. The molecule has 1 fully saturated rings. The van der Waals surface area contributed by atoms with Crippen LogP contribution in [0.2, 0.25) is 0 Å². The molecule has 0 amide bonds. The van der Waals surface area contributed by atoms with E-state index >= 15 is 0 Å². The zero-order valence-corrected chi connectivity index (χ0v) is 13.2. The first kappa shape index (κ1) is 15.2. The molecule has 2 rings (SSSR count). The molecule has 6 nitrogen and oxygen atoms in total. The van der Waals surface area contributed by atoms with E-state index in [1.54, 1.807) is 0 Å². The second-order valence-corrected chi connectivity index (χ2v) is 7.92. The van der Waals surface area contributed by atoms with Gasteiger partial charge in [-0.1, -0.05) is 0 Å². The zero-order chi connectivity index (χ0) is 14.8. The van der Waals surface area contributed by atoms with Gasteiger partial charge in [-0.2, -0.15) is 0 Å². The third kappa shape index (κ3) is 3.69. The smallest absolute Gasteiger partial charge is 0.305 e. The Kier molecular flexibility index (Phi) is 4.64. The quantitative estimate of drug-likeness (QED) is 0.767. The molecule has 1 aliphatic rings. The molecule has 0 aromatic carbocycles. The van der Waals surface area contributed by atoms with Crippen molar-refractivity contribution in [1.82, 2.24) is 4.98 Å². The first-order valence-corrected chi connectivity index (χ1v) is 9.09. The highest BCUT2D eigenvalue weighted by atomic mass is 32.2. The van der Waals surface area contributed by atoms with Gasteiger partial charge in [-0.05, 0) is 6.92 Å². The second-order valence-electron chi connectivity index (χ2n) is 4.85. The van der Waals surface area contributed by atoms with Crippen LogP contribution in [0.1, 0.15) is 19.0 Å². The summed E-state index contributed by atoms with van der Waals surface area (Å²) in [6, 6.07) is -0.0617. The molecule has 0 bridgehead atoms. The van der Waals surface area contributed by atoms with Gasteiger partial charge in [0.1, 0.15) is 0 Å². The van der Waals surface area contributed by atoms with Crippen LogP contribution < -0.4 is 4.90 Å². The molecule has 1 unspecified atom stereocenters. The van der Waals surface area contributed by atoms with E-state index in [1.165, 1.54) is 18.4 Å². The van der Waals surface area contributed by atoms with Crippen LogP contribution in [0.4, 0.5) is 5.13 Å². The minimum Gasteiger partial charge on any atom is -0.469 e. The van der Waals surface area contributed by atoms with E-state index in [9.17, 15) is 13.2 Å². The van der Waals surface area contributed by atoms with Crippen molar-refractivity contribution in [2.75, 3.05) is 30.1 Å². The van der Waals surface area contributed by atoms with Gasteiger partial charge in [0.15, 0.2) is 15.0 Å². The van der Waals surface area contributed by atoms with Gasteiger partial charge < -0.3 is 9.64 Å². The molecule has 2 heterocycles. The van der Waals surface area contributed by atoms with Crippen LogP contribution in [0.5, 0.6) is 0 Å². The Morgan fingerprint density at radius 1 is 1.60 bits per heavy atom. The van der Waals surface area contributed by atoms with E-state index in [1.807, 2.05) is 17.2 Å². The van der Waals surface area contributed by atoms with E-state index in [4.69, 9.17) is 0 Å². The summed E-state index contributed by atoms with van der Waals surface area (Å²) in [7, 11) is -1.55. The van der Waals surface area contributed by atoms with E-state index in [0.717, 1.165) is 10.8 Å². The molecule has 8 heteroatoms. The number of aryl methyl sites for hydroxylation is 1. The number of ether oxygens (including phenoxy) is 1. The summed E-state index contributed by atoms with van der Waals surface area (Å²) < 4.78 is 27.7. The van der Waals surface area contributed by atoms with Gasteiger partial charge in [-0.25, -0.2) is 13.4 Å².